The van der Waals surface area contributed by atoms with Crippen molar-refractivity contribution in [1.82, 2.24) is 0 Å². The average Bonchev–Trinajstić information content (AvgIpc) is 3.04. The Kier molecular flexibility index (Phi) is 37.2. The monoisotopic (exact) mass is 635 g/mol. The number of hydrogen-bond acceptors (Lipinski definition) is 5. The molecular weight excluding hydrogens is 560 g/mol. The van der Waals surface area contributed by atoms with E-state index in [1.54, 1.807) is 0 Å². The number of esters is 2. The molecular formula is C40H74O5. The van der Waals surface area contributed by atoms with Crippen LogP contribution >= 0.6 is 0 Å². The molecule has 0 fully saturated rings. The van der Waals surface area contributed by atoms with Crippen molar-refractivity contribution in [2.24, 2.45) is 0 Å². The van der Waals surface area contributed by atoms with Gasteiger partial charge >= 0.3 is 11.9 Å². The second-order valence-electron chi connectivity index (χ2n) is 12.7. The molecule has 0 saturated carbocycles. The molecule has 0 aromatic rings. The van der Waals surface area contributed by atoms with Crippen molar-refractivity contribution in [3.63, 3.8) is 0 Å². The Morgan fingerprint density at radius 2 is 0.667 bits per heavy atom. The van der Waals surface area contributed by atoms with E-state index in [-0.39, 0.29) is 25.2 Å². The van der Waals surface area contributed by atoms with Gasteiger partial charge in [-0.15, -0.1) is 0 Å². The van der Waals surface area contributed by atoms with Gasteiger partial charge in [0.2, 0.25) is 0 Å². The maximum absolute atomic E-state index is 11.9. The largest absolute Gasteiger partial charge is 0.463 e. The predicted octanol–water partition coefficient (Wildman–Crippen LogP) is 12.2. The first-order chi connectivity index (χ1) is 22.2. The minimum atomic E-state index is -0.150. The lowest BCUT2D eigenvalue weighted by molar-refractivity contribution is -0.146. The third-order valence-electron chi connectivity index (χ3n) is 8.27. The van der Waals surface area contributed by atoms with Crippen LogP contribution in [-0.4, -0.2) is 38.4 Å². The highest BCUT2D eigenvalue weighted by molar-refractivity contribution is 5.69. The van der Waals surface area contributed by atoms with Crippen LogP contribution in [0.25, 0.3) is 0 Å². The van der Waals surface area contributed by atoms with Gasteiger partial charge in [0, 0.05) is 12.8 Å². The molecule has 0 aliphatic carbocycles. The van der Waals surface area contributed by atoms with Crippen molar-refractivity contribution in [2.45, 2.75) is 194 Å². The number of hydrogen-bond donors (Lipinski definition) is 0. The lowest BCUT2D eigenvalue weighted by Crippen LogP contribution is -2.14. The maximum atomic E-state index is 11.9. The zero-order valence-electron chi connectivity index (χ0n) is 30.0. The van der Waals surface area contributed by atoms with Crippen molar-refractivity contribution in [3.8, 4) is 0 Å². The van der Waals surface area contributed by atoms with Crippen LogP contribution in [0.15, 0.2) is 24.3 Å². The first-order valence-corrected chi connectivity index (χ1v) is 19.4. The summed E-state index contributed by atoms with van der Waals surface area (Å²) in [5.74, 6) is -0.301. The lowest BCUT2D eigenvalue weighted by atomic mass is 10.1. The van der Waals surface area contributed by atoms with Gasteiger partial charge in [-0.3, -0.25) is 9.59 Å². The normalized spacial score (nSPS) is 11.6. The van der Waals surface area contributed by atoms with Crippen LogP contribution < -0.4 is 0 Å². The molecule has 0 aromatic carbocycles. The fourth-order valence-corrected chi connectivity index (χ4v) is 5.36. The first-order valence-electron chi connectivity index (χ1n) is 19.4. The third kappa shape index (κ3) is 38.5. The SMILES string of the molecule is CCCCCCCCC=CCCCCCCCC(=O)OCCOCCOC(=O)CCCCCCCC=CCCCCCCCC. The van der Waals surface area contributed by atoms with E-state index in [1.165, 1.54) is 141 Å². The highest BCUT2D eigenvalue weighted by Gasteiger charge is 2.04. The Balaban J connectivity index is 3.31. The van der Waals surface area contributed by atoms with E-state index in [4.69, 9.17) is 14.2 Å². The molecule has 0 aliphatic rings. The number of allylic oxidation sites excluding steroid dienone is 4. The van der Waals surface area contributed by atoms with E-state index in [9.17, 15) is 9.59 Å². The van der Waals surface area contributed by atoms with Crippen LogP contribution in [-0.2, 0) is 23.8 Å². The molecule has 264 valence electrons. The van der Waals surface area contributed by atoms with Gasteiger partial charge in [0.15, 0.2) is 0 Å². The van der Waals surface area contributed by atoms with Gasteiger partial charge in [0.1, 0.15) is 13.2 Å². The van der Waals surface area contributed by atoms with Crippen LogP contribution in [0.2, 0.25) is 0 Å². The molecule has 45 heavy (non-hydrogen) atoms. The zero-order valence-corrected chi connectivity index (χ0v) is 30.0. The number of rotatable bonds is 36. The molecule has 0 atom stereocenters. The molecule has 0 amide bonds. The fraction of sp³-hybridized carbons (Fsp3) is 0.850. The summed E-state index contributed by atoms with van der Waals surface area (Å²) in [5.41, 5.74) is 0. The van der Waals surface area contributed by atoms with Gasteiger partial charge in [-0.25, -0.2) is 0 Å². The predicted molar refractivity (Wildman–Crippen MR) is 192 cm³/mol. The fourth-order valence-electron chi connectivity index (χ4n) is 5.36. The van der Waals surface area contributed by atoms with Gasteiger partial charge in [-0.1, -0.05) is 141 Å². The van der Waals surface area contributed by atoms with Crippen molar-refractivity contribution in [3.05, 3.63) is 24.3 Å². The van der Waals surface area contributed by atoms with Crippen LogP contribution in [0, 0.1) is 0 Å². The Morgan fingerprint density at radius 3 is 1.00 bits per heavy atom. The molecule has 0 spiro atoms. The molecule has 5 nitrogen and oxygen atoms in total. The van der Waals surface area contributed by atoms with Gasteiger partial charge < -0.3 is 14.2 Å². The lowest BCUT2D eigenvalue weighted by Gasteiger charge is -2.07. The molecule has 0 heterocycles. The van der Waals surface area contributed by atoms with Crippen molar-refractivity contribution >= 4 is 11.9 Å². The summed E-state index contributed by atoms with van der Waals surface area (Å²) >= 11 is 0. The standard InChI is InChI=1S/C40H74O5/c1-3-5-7-9-11-13-15-17-19-21-23-25-27-29-31-33-39(41)44-37-35-43-36-38-45-40(42)34-32-30-28-26-24-22-20-18-16-14-12-10-8-6-4-2/h17-20H,3-16,21-38H2,1-2H3. The second kappa shape index (κ2) is 38.6. The third-order valence-corrected chi connectivity index (χ3v) is 8.27. The Hall–Kier alpha value is -1.62. The maximum Gasteiger partial charge on any atom is 0.305 e. The molecule has 5 heteroatoms. The van der Waals surface area contributed by atoms with Crippen LogP contribution in [0.5, 0.6) is 0 Å². The number of unbranched alkanes of at least 4 members (excludes halogenated alkanes) is 22. The number of ether oxygens (including phenoxy) is 3. The summed E-state index contributed by atoms with van der Waals surface area (Å²) in [4.78, 5) is 23.8. The van der Waals surface area contributed by atoms with Gasteiger partial charge in [0.25, 0.3) is 0 Å². The number of carbonyl (C=O) groups excluding carboxylic acids is 2. The van der Waals surface area contributed by atoms with Crippen LogP contribution in [0.4, 0.5) is 0 Å². The molecule has 0 rings (SSSR count). The smallest absolute Gasteiger partial charge is 0.305 e. The average molecular weight is 635 g/mol. The van der Waals surface area contributed by atoms with Gasteiger partial charge in [-0.2, -0.15) is 0 Å². The molecule has 0 radical (unpaired) electrons. The molecule has 0 bridgehead atoms. The minimum Gasteiger partial charge on any atom is -0.463 e. The Bertz CT molecular complexity index is 616. The highest BCUT2D eigenvalue weighted by atomic mass is 16.6. The summed E-state index contributed by atoms with van der Waals surface area (Å²) in [6.07, 6.45) is 42.7. The van der Waals surface area contributed by atoms with E-state index in [0.29, 0.717) is 26.1 Å². The van der Waals surface area contributed by atoms with E-state index < -0.39 is 0 Å². The molecule has 0 unspecified atom stereocenters. The quantitative estimate of drug-likeness (QED) is 0.0390. The Labute approximate surface area is 279 Å². The zero-order chi connectivity index (χ0) is 32.7. The van der Waals surface area contributed by atoms with Crippen molar-refractivity contribution < 1.29 is 23.8 Å². The van der Waals surface area contributed by atoms with Gasteiger partial charge in [0.05, 0.1) is 13.2 Å². The van der Waals surface area contributed by atoms with Crippen molar-refractivity contribution in [1.29, 1.82) is 0 Å². The Morgan fingerprint density at radius 1 is 0.378 bits per heavy atom. The summed E-state index contributed by atoms with van der Waals surface area (Å²) in [5, 5.41) is 0. The number of carbonyl (C=O) groups is 2. The van der Waals surface area contributed by atoms with E-state index >= 15 is 0 Å². The second-order valence-corrected chi connectivity index (χ2v) is 12.7. The molecule has 0 saturated heterocycles. The summed E-state index contributed by atoms with van der Waals surface area (Å²) in [7, 11) is 0. The van der Waals surface area contributed by atoms with E-state index in [1.807, 2.05) is 0 Å². The minimum absolute atomic E-state index is 0.150. The topological polar surface area (TPSA) is 61.8 Å². The van der Waals surface area contributed by atoms with E-state index in [0.717, 1.165) is 25.7 Å². The van der Waals surface area contributed by atoms with Gasteiger partial charge in [-0.05, 0) is 64.2 Å². The van der Waals surface area contributed by atoms with E-state index in [2.05, 4.69) is 38.2 Å². The summed E-state index contributed by atoms with van der Waals surface area (Å²) in [6, 6.07) is 0. The van der Waals surface area contributed by atoms with Crippen LogP contribution in [0.3, 0.4) is 0 Å². The summed E-state index contributed by atoms with van der Waals surface area (Å²) < 4.78 is 15.9. The highest BCUT2D eigenvalue weighted by Crippen LogP contribution is 2.12. The molecule has 0 N–H and O–H groups in total. The van der Waals surface area contributed by atoms with Crippen LogP contribution in [0.1, 0.15) is 194 Å². The van der Waals surface area contributed by atoms with Crippen molar-refractivity contribution in [2.75, 3.05) is 26.4 Å². The molecule has 0 aliphatic heterocycles. The summed E-state index contributed by atoms with van der Waals surface area (Å²) in [6.45, 7) is 5.72. The molecule has 0 aromatic heterocycles. The first kappa shape index (κ1) is 43.4.